The lowest BCUT2D eigenvalue weighted by molar-refractivity contribution is 0.457. The summed E-state index contributed by atoms with van der Waals surface area (Å²) in [5.41, 5.74) is 1.04. The molecule has 0 bridgehead atoms. The molecule has 1 atom stereocenters. The Morgan fingerprint density at radius 2 is 2.07 bits per heavy atom. The molecule has 1 N–H and O–H groups in total. The van der Waals surface area contributed by atoms with Gasteiger partial charge in [0.15, 0.2) is 0 Å². The van der Waals surface area contributed by atoms with Gasteiger partial charge in [0.05, 0.1) is 11.7 Å². The zero-order valence-electron chi connectivity index (χ0n) is 9.20. The zero-order chi connectivity index (χ0) is 10.4. The number of rotatable bonds is 5. The Labute approximate surface area is 86.0 Å². The molecule has 0 radical (unpaired) electrons. The maximum absolute atomic E-state index is 4.30. The first-order valence-corrected chi connectivity index (χ1v) is 5.17. The van der Waals surface area contributed by atoms with Crippen molar-refractivity contribution in [1.29, 1.82) is 0 Å². The Balaban J connectivity index is 2.54. The average Bonchev–Trinajstić information content (AvgIpc) is 2.20. The molecule has 0 aliphatic carbocycles. The van der Waals surface area contributed by atoms with Gasteiger partial charge in [-0.05, 0) is 25.8 Å². The Morgan fingerprint density at radius 1 is 1.29 bits per heavy atom. The third-order valence-corrected chi connectivity index (χ3v) is 2.32. The van der Waals surface area contributed by atoms with E-state index in [2.05, 4.69) is 29.1 Å². The van der Waals surface area contributed by atoms with Crippen molar-refractivity contribution in [2.24, 2.45) is 5.92 Å². The molecule has 0 saturated carbocycles. The Hall–Kier alpha value is -0.960. The minimum absolute atomic E-state index is 0.339. The fourth-order valence-corrected chi connectivity index (χ4v) is 1.43. The lowest BCUT2D eigenvalue weighted by atomic mass is 10.0. The smallest absolute Gasteiger partial charge is 0.0755 e. The molecule has 1 aromatic heterocycles. The molecule has 0 aliphatic rings. The van der Waals surface area contributed by atoms with Crippen LogP contribution in [-0.2, 0) is 0 Å². The summed E-state index contributed by atoms with van der Waals surface area (Å²) in [4.78, 5) is 8.38. The van der Waals surface area contributed by atoms with E-state index >= 15 is 0 Å². The molecule has 1 aromatic rings. The maximum atomic E-state index is 4.30. The second-order valence-electron chi connectivity index (χ2n) is 3.94. The van der Waals surface area contributed by atoms with E-state index in [0.29, 0.717) is 6.04 Å². The first-order valence-electron chi connectivity index (χ1n) is 5.17. The third kappa shape index (κ3) is 3.42. The van der Waals surface area contributed by atoms with Crippen LogP contribution in [0.4, 0.5) is 0 Å². The summed E-state index contributed by atoms with van der Waals surface area (Å²) in [6.45, 7) is 4.48. The monoisotopic (exact) mass is 193 g/mol. The second-order valence-corrected chi connectivity index (χ2v) is 3.94. The molecule has 0 spiro atoms. The largest absolute Gasteiger partial charge is 0.312 e. The molecule has 1 heterocycles. The van der Waals surface area contributed by atoms with Crippen molar-refractivity contribution < 1.29 is 0 Å². The molecule has 0 fully saturated rings. The van der Waals surface area contributed by atoms with Crippen molar-refractivity contribution in [3.63, 3.8) is 0 Å². The molecule has 3 nitrogen and oxygen atoms in total. The van der Waals surface area contributed by atoms with Crippen LogP contribution in [0.25, 0.3) is 0 Å². The topological polar surface area (TPSA) is 37.8 Å². The van der Waals surface area contributed by atoms with Gasteiger partial charge in [0.25, 0.3) is 0 Å². The number of hydrogen-bond acceptors (Lipinski definition) is 3. The van der Waals surface area contributed by atoms with E-state index in [1.54, 1.807) is 12.4 Å². The van der Waals surface area contributed by atoms with Crippen molar-refractivity contribution in [1.82, 2.24) is 15.3 Å². The van der Waals surface area contributed by atoms with Crippen LogP contribution < -0.4 is 5.32 Å². The van der Waals surface area contributed by atoms with E-state index < -0.39 is 0 Å². The van der Waals surface area contributed by atoms with Gasteiger partial charge in [0.2, 0.25) is 0 Å². The lowest BCUT2D eigenvalue weighted by Crippen LogP contribution is -2.18. The summed E-state index contributed by atoms with van der Waals surface area (Å²) in [6, 6.07) is 0.339. The SMILES string of the molecule is CNC(CCC(C)C)c1cnccn1. The first-order chi connectivity index (χ1) is 6.74. The van der Waals surface area contributed by atoms with E-state index in [0.717, 1.165) is 18.0 Å². The molecular formula is C11H19N3. The molecule has 0 aliphatic heterocycles. The minimum atomic E-state index is 0.339. The van der Waals surface area contributed by atoms with Gasteiger partial charge in [0.1, 0.15) is 0 Å². The molecule has 1 unspecified atom stereocenters. The summed E-state index contributed by atoms with van der Waals surface area (Å²) in [5, 5.41) is 3.27. The van der Waals surface area contributed by atoms with Gasteiger partial charge in [-0.25, -0.2) is 0 Å². The van der Waals surface area contributed by atoms with Crippen LogP contribution in [0.5, 0.6) is 0 Å². The standard InChI is InChI=1S/C11H19N3/c1-9(2)4-5-10(12-3)11-8-13-6-7-14-11/h6-10,12H,4-5H2,1-3H3. The summed E-state index contributed by atoms with van der Waals surface area (Å²) in [5.74, 6) is 0.738. The Morgan fingerprint density at radius 3 is 2.57 bits per heavy atom. The molecule has 0 saturated heterocycles. The van der Waals surface area contributed by atoms with Gasteiger partial charge in [-0.2, -0.15) is 0 Å². The highest BCUT2D eigenvalue weighted by molar-refractivity contribution is 5.01. The number of hydrogen-bond donors (Lipinski definition) is 1. The van der Waals surface area contributed by atoms with Gasteiger partial charge < -0.3 is 5.32 Å². The summed E-state index contributed by atoms with van der Waals surface area (Å²) in [6.07, 6.45) is 7.62. The van der Waals surface area contributed by atoms with E-state index in [4.69, 9.17) is 0 Å². The molecule has 14 heavy (non-hydrogen) atoms. The maximum Gasteiger partial charge on any atom is 0.0755 e. The van der Waals surface area contributed by atoms with Crippen LogP contribution in [0.2, 0.25) is 0 Å². The molecule has 0 aromatic carbocycles. The van der Waals surface area contributed by atoms with Crippen LogP contribution >= 0.6 is 0 Å². The van der Waals surface area contributed by atoms with Crippen LogP contribution in [0.1, 0.15) is 38.4 Å². The summed E-state index contributed by atoms with van der Waals surface area (Å²) < 4.78 is 0. The fourth-order valence-electron chi connectivity index (χ4n) is 1.43. The highest BCUT2D eigenvalue weighted by Gasteiger charge is 2.10. The van der Waals surface area contributed by atoms with Crippen LogP contribution in [-0.4, -0.2) is 17.0 Å². The zero-order valence-corrected chi connectivity index (χ0v) is 9.20. The van der Waals surface area contributed by atoms with E-state index in [1.165, 1.54) is 6.42 Å². The predicted molar refractivity (Wildman–Crippen MR) is 57.9 cm³/mol. The minimum Gasteiger partial charge on any atom is -0.312 e. The summed E-state index contributed by atoms with van der Waals surface area (Å²) >= 11 is 0. The van der Waals surface area contributed by atoms with Gasteiger partial charge >= 0.3 is 0 Å². The van der Waals surface area contributed by atoms with Crippen molar-refractivity contribution in [2.75, 3.05) is 7.05 Å². The third-order valence-electron chi connectivity index (χ3n) is 2.32. The molecule has 78 valence electrons. The quantitative estimate of drug-likeness (QED) is 0.778. The number of nitrogens with one attached hydrogen (secondary N) is 1. The predicted octanol–water partition coefficient (Wildman–Crippen LogP) is 2.17. The Kier molecular flexibility index (Phi) is 4.53. The van der Waals surface area contributed by atoms with Gasteiger partial charge in [-0.3, -0.25) is 9.97 Å². The van der Waals surface area contributed by atoms with Crippen molar-refractivity contribution in [2.45, 2.75) is 32.7 Å². The number of aromatic nitrogens is 2. The Bertz CT molecular complexity index is 246. The lowest BCUT2D eigenvalue weighted by Gasteiger charge is -2.15. The van der Waals surface area contributed by atoms with Gasteiger partial charge in [-0.15, -0.1) is 0 Å². The number of nitrogens with zero attached hydrogens (tertiary/aromatic N) is 2. The highest BCUT2D eigenvalue weighted by Crippen LogP contribution is 2.17. The average molecular weight is 193 g/mol. The molecule has 0 amide bonds. The fraction of sp³-hybridized carbons (Fsp3) is 0.636. The van der Waals surface area contributed by atoms with Gasteiger partial charge in [0, 0.05) is 18.6 Å². The molecule has 3 heteroatoms. The van der Waals surface area contributed by atoms with Crippen LogP contribution in [0, 0.1) is 5.92 Å². The van der Waals surface area contributed by atoms with Crippen LogP contribution in [0.3, 0.4) is 0 Å². The van der Waals surface area contributed by atoms with E-state index in [9.17, 15) is 0 Å². The normalized spacial score (nSPS) is 13.1. The van der Waals surface area contributed by atoms with Crippen molar-refractivity contribution >= 4 is 0 Å². The van der Waals surface area contributed by atoms with Crippen LogP contribution in [0.15, 0.2) is 18.6 Å². The molecule has 1 rings (SSSR count). The van der Waals surface area contributed by atoms with Gasteiger partial charge in [-0.1, -0.05) is 13.8 Å². The van der Waals surface area contributed by atoms with Crippen molar-refractivity contribution in [3.05, 3.63) is 24.3 Å². The second kappa shape index (κ2) is 5.70. The van der Waals surface area contributed by atoms with E-state index in [1.807, 2.05) is 13.2 Å². The summed E-state index contributed by atoms with van der Waals surface area (Å²) in [7, 11) is 1.97. The van der Waals surface area contributed by atoms with E-state index in [-0.39, 0.29) is 0 Å². The first kappa shape index (κ1) is 11.1. The van der Waals surface area contributed by atoms with Crippen molar-refractivity contribution in [3.8, 4) is 0 Å². The highest BCUT2D eigenvalue weighted by atomic mass is 14.9. The molecular weight excluding hydrogens is 174 g/mol.